The van der Waals surface area contributed by atoms with Crippen molar-refractivity contribution in [1.82, 2.24) is 19.5 Å². The summed E-state index contributed by atoms with van der Waals surface area (Å²) in [5, 5.41) is 153. The van der Waals surface area contributed by atoms with Crippen molar-refractivity contribution >= 4 is 113 Å². The van der Waals surface area contributed by atoms with Crippen LogP contribution in [0, 0.1) is 72.6 Å². The van der Waals surface area contributed by atoms with Crippen molar-refractivity contribution in [2.24, 2.45) is 0 Å². The number of hydrogen-bond acceptors (Lipinski definition) is 23. The Morgan fingerprint density at radius 1 is 0.463 bits per heavy atom. The molecule has 0 bridgehead atoms. The number of aromatic carboxylic acids is 5. The SMILES string of the molecule is C=C(OO)n1c(C)[n+](CC(=O)O)c2ccccc21.CC[n+]1c(C)c(O)c(C(=O)O)c2ccccc21.CC[n+]1c(C)c([O-])c(C(=O)O)c2ccccc21.Cc1cc[n+](CCC(=O)O)c2ccccc12.Cc1ccc(O)c(C(=O)O)c1.Cc1ccc(O)c(O)c1.Cc1ccc([O-])c([O-])c1.Cc1nc2ccc(C(=O)O)cc2[nH]1.Cc1nc2ccccc2c(C(=O)O)c1O.[I-].[I-].[Na+].[Na+].[O-][Cl+3]([O-])([O-])[O-]. The summed E-state index contributed by atoms with van der Waals surface area (Å²) in [6.07, 6.45) is 2.10. The number of aromatic hydroxyl groups is 5. The Balaban J connectivity index is 0.000000509. The van der Waals surface area contributed by atoms with E-state index in [1.165, 1.54) is 47.3 Å². The number of hydrogen-bond donors (Lipinski definition) is 14. The number of aromatic amines is 1. The number of halogens is 3. The number of nitrogens with one attached hydrogen (secondary N) is 1. The third-order valence-corrected chi connectivity index (χ3v) is 19.1. The van der Waals surface area contributed by atoms with E-state index in [-0.39, 0.29) is 182 Å². The zero-order valence-electron chi connectivity index (χ0n) is 74.6. The molecule has 9 aromatic carbocycles. The van der Waals surface area contributed by atoms with Gasteiger partial charge >= 0.3 is 107 Å². The molecule has 14 N–H and O–H groups in total. The molecule has 0 aliphatic rings. The number of phenolic OH excluding ortho intramolecular Hbond substituents is 2. The number of pyridine rings is 4. The third kappa shape index (κ3) is 32.6. The second-order valence-electron chi connectivity index (χ2n) is 28.2. The first-order valence-corrected chi connectivity index (χ1v) is 40.1. The van der Waals surface area contributed by atoms with Crippen molar-refractivity contribution in [3.8, 4) is 46.0 Å². The van der Waals surface area contributed by atoms with Crippen LogP contribution in [0.5, 0.6) is 46.0 Å². The maximum absolute atomic E-state index is 12.0. The Morgan fingerprint density at radius 3 is 1.42 bits per heavy atom. The second-order valence-corrected chi connectivity index (χ2v) is 28.9. The van der Waals surface area contributed by atoms with E-state index in [1.54, 1.807) is 148 Å². The maximum Gasteiger partial charge on any atom is 1.00 e. The average Bonchev–Trinajstić information content (AvgIpc) is 1.25. The number of carboxylic acids is 7. The van der Waals surface area contributed by atoms with Gasteiger partial charge in [-0.05, 0) is 158 Å². The topological polar surface area (TPSA) is 615 Å². The number of imidazole rings is 2. The number of aryl methyl sites for hydroxylation is 9. The van der Waals surface area contributed by atoms with Crippen molar-refractivity contribution < 1.29 is 275 Å². The number of para-hydroxylation sites is 6. The number of carboxylic acid groups (broad SMARTS) is 7. The van der Waals surface area contributed by atoms with Crippen LogP contribution in [0.25, 0.3) is 71.6 Å². The van der Waals surface area contributed by atoms with E-state index in [0.717, 1.165) is 61.1 Å². The van der Waals surface area contributed by atoms with Crippen LogP contribution in [0.2, 0.25) is 0 Å². The molecule has 41 heteroatoms. The van der Waals surface area contributed by atoms with Gasteiger partial charge in [-0.15, -0.1) is 21.7 Å². The average molecular weight is 2110 g/mol. The molecule has 6 aromatic heterocycles. The van der Waals surface area contributed by atoms with Crippen LogP contribution in [-0.4, -0.2) is 128 Å². The minimum absolute atomic E-state index is 0. The number of carbonyl (C=O) groups is 7. The van der Waals surface area contributed by atoms with Crippen LogP contribution in [0.1, 0.15) is 123 Å². The van der Waals surface area contributed by atoms with Crippen molar-refractivity contribution in [2.45, 2.75) is 109 Å². The zero-order chi connectivity index (χ0) is 97.0. The monoisotopic (exact) mass is 2100 g/mol. The standard InChI is InChI=1S/2C13H13NO3.C13H13NO2.C12H12N2O4.C11H9NO3.C9H8N2O2.C8H8O3.2C7H8O2.ClHO4.2HI.2Na/c2*1-3-14-8(2)12(15)11(13(16)17)9-6-4-5-7-10(9)14;1-10-6-8-14(9-7-13(15)16)12-5-3-2-4-11(10)12;1-8-13(7-12(15)16)10-5-3-4-6-11(10)14(8)9(2)18-17;1-6-10(13)9(11(14)15)7-4-2-3-5-8(7)12-6;1-5-10-7-3-2-6(9(12)13)4-8(7)11-5;1-5-2-3-7(9)6(4-5)8(10)11;2*1-5-2-3-6(8)7(9)4-5;2-1(3,4)5;;;;/h2*4-7H,3H2,1-2H3,(H-,15,16,17);2-6,8H,7,9H2,1H3;3-6H,2,7H2,1H3,(H-,15,16,17);2-5,13H,1H3,(H,14,15);2-4H,1H3,(H,10,11)(H,12,13);2-4,9H,1H3,(H,10,11);2*2-4,8-9H,1H3;(H,2,3,4,5);2*1H;;/q;;;;;;;;;;;;2*+1/p-2. The molecule has 36 nitrogen and oxygen atoms in total. The first kappa shape index (κ1) is 117. The first-order valence-electron chi connectivity index (χ1n) is 38.8. The molecular weight excluding hydrogens is 2010 g/mol. The van der Waals surface area contributed by atoms with E-state index >= 15 is 0 Å². The van der Waals surface area contributed by atoms with Crippen molar-refractivity contribution in [3.63, 3.8) is 0 Å². The second kappa shape index (κ2) is 54.5. The van der Waals surface area contributed by atoms with Gasteiger partial charge in [0.05, 0.1) is 44.1 Å². The van der Waals surface area contributed by atoms with E-state index in [2.05, 4.69) is 39.4 Å². The number of aromatic nitrogens is 8. The predicted molar refractivity (Wildman–Crippen MR) is 456 cm³/mol. The van der Waals surface area contributed by atoms with Gasteiger partial charge in [0.1, 0.15) is 47.8 Å². The Morgan fingerprint density at radius 2 is 0.933 bits per heavy atom. The summed E-state index contributed by atoms with van der Waals surface area (Å²) in [4.78, 5) is 91.3. The van der Waals surface area contributed by atoms with Gasteiger partial charge in [0.25, 0.3) is 5.82 Å². The van der Waals surface area contributed by atoms with Gasteiger partial charge in [-0.2, -0.15) is 23.5 Å². The molecule has 15 aromatic rings. The zero-order valence-corrected chi connectivity index (χ0v) is 83.6. The van der Waals surface area contributed by atoms with Crippen molar-refractivity contribution in [3.05, 3.63) is 292 Å². The fourth-order valence-electron chi connectivity index (χ4n) is 13.1. The van der Waals surface area contributed by atoms with Gasteiger partial charge < -0.3 is 130 Å². The summed E-state index contributed by atoms with van der Waals surface area (Å²) < 4.78 is 42.9. The molecule has 0 saturated heterocycles. The molecule has 0 fully saturated rings. The number of rotatable bonds is 14. The fraction of sp³-hybridized carbons (Fsp3) is 0.172. The molecule has 0 spiro atoms. The summed E-state index contributed by atoms with van der Waals surface area (Å²) in [5.41, 5.74) is 11.4. The summed E-state index contributed by atoms with van der Waals surface area (Å²) in [7, 11) is -4.94. The Bertz CT molecular complexity index is 6550. The van der Waals surface area contributed by atoms with Crippen LogP contribution in [-0.2, 0) is 40.7 Å². The fourth-order valence-corrected chi connectivity index (χ4v) is 13.1. The molecule has 0 atom stereocenters. The van der Waals surface area contributed by atoms with E-state index < -0.39 is 69.3 Å². The summed E-state index contributed by atoms with van der Waals surface area (Å²) in [6, 6.07) is 56.6. The van der Waals surface area contributed by atoms with Crippen LogP contribution < -0.4 is 159 Å². The van der Waals surface area contributed by atoms with E-state index in [0.29, 0.717) is 64.2 Å². The number of H-pyrrole nitrogens is 1. The number of benzene rings is 9. The van der Waals surface area contributed by atoms with Crippen LogP contribution in [0.15, 0.2) is 213 Å². The molecule has 0 unspecified atom stereocenters. The number of nitrogens with zero attached hydrogens (tertiary/aromatic N) is 7. The molecule has 0 aliphatic carbocycles. The molecule has 0 radical (unpaired) electrons. The van der Waals surface area contributed by atoms with Gasteiger partial charge in [-0.1, -0.05) is 108 Å². The van der Waals surface area contributed by atoms with Crippen LogP contribution >= 0.6 is 0 Å². The van der Waals surface area contributed by atoms with E-state index in [9.17, 15) is 64.2 Å². The van der Waals surface area contributed by atoms with Gasteiger partial charge in [0.2, 0.25) is 22.2 Å². The molecule has 0 saturated carbocycles. The summed E-state index contributed by atoms with van der Waals surface area (Å²) in [5.74, 6) is -7.73. The van der Waals surface area contributed by atoms with Crippen LogP contribution in [0.4, 0.5) is 0 Å². The van der Waals surface area contributed by atoms with Crippen molar-refractivity contribution in [1.29, 1.82) is 0 Å². The molecule has 0 amide bonds. The smallest absolute Gasteiger partial charge is 1.00 e. The van der Waals surface area contributed by atoms with Gasteiger partial charge in [-0.3, -0.25) is 9.68 Å². The Kier molecular flexibility index (Phi) is 47.7. The number of fused-ring (bicyclic) bond motifs is 6. The number of phenols is 3. The van der Waals surface area contributed by atoms with E-state index in [1.807, 2.05) is 108 Å². The molecule has 15 rings (SSSR count). The van der Waals surface area contributed by atoms with E-state index in [4.69, 9.17) is 69.9 Å². The summed E-state index contributed by atoms with van der Waals surface area (Å²) in [6.45, 7) is 25.1. The van der Waals surface area contributed by atoms with Crippen LogP contribution in [0.3, 0.4) is 0 Å². The van der Waals surface area contributed by atoms with Gasteiger partial charge in [0.15, 0.2) is 59.0 Å². The first-order chi connectivity index (χ1) is 61.2. The van der Waals surface area contributed by atoms with Crippen molar-refractivity contribution in [2.75, 3.05) is 0 Å². The quantitative estimate of drug-likeness (QED) is 0.00937. The Labute approximate surface area is 846 Å². The minimum atomic E-state index is -4.94. The van der Waals surface area contributed by atoms with Gasteiger partial charge in [0, 0.05) is 55.8 Å². The molecule has 6 heterocycles. The Hall–Kier alpha value is -12.7. The maximum atomic E-state index is 12.0. The normalized spacial score (nSPS) is 10.1. The summed E-state index contributed by atoms with van der Waals surface area (Å²) >= 11 is 0. The molecule has 0 aliphatic heterocycles. The number of aliphatic carboxylic acids is 2. The van der Waals surface area contributed by atoms with Gasteiger partial charge in [-0.25, -0.2) is 61.9 Å². The largest absolute Gasteiger partial charge is 1.00 e. The third-order valence-electron chi connectivity index (χ3n) is 19.1. The molecular formula is C93H93ClI2N8Na2O28. The molecule has 134 heavy (non-hydrogen) atoms. The minimum Gasteiger partial charge on any atom is -1.00 e. The molecule has 696 valence electrons. The predicted octanol–water partition coefficient (Wildman–Crippen LogP) is -4.04.